The lowest BCUT2D eigenvalue weighted by atomic mass is 9.95. The van der Waals surface area contributed by atoms with Gasteiger partial charge in [0.2, 0.25) is 21.9 Å². The van der Waals surface area contributed by atoms with Gasteiger partial charge in [-0.3, -0.25) is 4.57 Å². The summed E-state index contributed by atoms with van der Waals surface area (Å²) < 4.78 is 54.4. The average molecular weight is 634 g/mol. The Balaban J connectivity index is 1.96. The first-order valence-corrected chi connectivity index (χ1v) is 19.6. The highest BCUT2D eigenvalue weighted by atomic mass is 32.2. The van der Waals surface area contributed by atoms with E-state index in [0.717, 1.165) is 12.8 Å². The van der Waals surface area contributed by atoms with Gasteiger partial charge in [-0.2, -0.15) is 0 Å². The highest BCUT2D eigenvalue weighted by molar-refractivity contribution is 7.93. The number of aliphatic hydroxyl groups excluding tert-OH is 1. The first kappa shape index (κ1) is 32.7. The van der Waals surface area contributed by atoms with E-state index >= 15 is 0 Å². The minimum atomic E-state index is -4.12. The number of ether oxygens (including phenoxy) is 4. The van der Waals surface area contributed by atoms with Gasteiger partial charge in [0.25, 0.3) is 0 Å². The first-order chi connectivity index (χ1) is 20.5. The molecule has 0 amide bonds. The molecule has 1 N–H and O–H groups in total. The van der Waals surface area contributed by atoms with Crippen LogP contribution in [0.1, 0.15) is 19.3 Å². The van der Waals surface area contributed by atoms with E-state index in [4.69, 9.17) is 18.9 Å². The van der Waals surface area contributed by atoms with E-state index in [1.54, 1.807) is 41.0 Å². The zero-order chi connectivity index (χ0) is 31.2. The summed E-state index contributed by atoms with van der Waals surface area (Å²) in [5, 5.41) is 18.4. The minimum absolute atomic E-state index is 0.0612. The molecule has 2 aromatic heterocycles. The number of methoxy groups -OCH3 is 3. The Bertz CT molecular complexity index is 1450. The monoisotopic (exact) mass is 633 g/mol. The summed E-state index contributed by atoms with van der Waals surface area (Å²) in [7, 11) is -1.29. The number of anilines is 1. The van der Waals surface area contributed by atoms with Crippen LogP contribution < -0.4 is 18.5 Å². The van der Waals surface area contributed by atoms with Crippen molar-refractivity contribution in [1.82, 2.24) is 19.7 Å². The molecule has 0 bridgehead atoms. The average Bonchev–Trinajstić information content (AvgIpc) is 3.43. The molecule has 14 heteroatoms. The van der Waals surface area contributed by atoms with E-state index in [1.807, 2.05) is 0 Å². The smallest absolute Gasteiger partial charge is 0.246 e. The van der Waals surface area contributed by atoms with Gasteiger partial charge in [-0.15, -0.1) is 10.2 Å². The van der Waals surface area contributed by atoms with E-state index in [1.165, 1.54) is 25.6 Å². The first-order valence-electron chi connectivity index (χ1n) is 14.4. The molecule has 1 saturated heterocycles. The number of pyridine rings is 1. The van der Waals surface area contributed by atoms with Gasteiger partial charge in [0.1, 0.15) is 28.1 Å². The fourth-order valence-electron chi connectivity index (χ4n) is 5.12. The van der Waals surface area contributed by atoms with Crippen molar-refractivity contribution in [2.75, 3.05) is 52.0 Å². The van der Waals surface area contributed by atoms with Crippen LogP contribution >= 0.6 is 0 Å². The lowest BCUT2D eigenvalue weighted by Gasteiger charge is -2.32. The van der Waals surface area contributed by atoms with Gasteiger partial charge in [0.05, 0.1) is 27.9 Å². The molecule has 1 fully saturated rings. The maximum Gasteiger partial charge on any atom is 0.246 e. The summed E-state index contributed by atoms with van der Waals surface area (Å²) in [6, 6.07) is 11.2. The lowest BCUT2D eigenvalue weighted by molar-refractivity contribution is 0.0620. The predicted molar refractivity (Wildman–Crippen MR) is 168 cm³/mol. The maximum atomic E-state index is 14.6. The second kappa shape index (κ2) is 14.1. The molecule has 0 saturated carbocycles. The van der Waals surface area contributed by atoms with E-state index in [0.29, 0.717) is 54.4 Å². The van der Waals surface area contributed by atoms with Crippen LogP contribution in [-0.4, -0.2) is 94.3 Å². The minimum Gasteiger partial charge on any atom is -0.494 e. The van der Waals surface area contributed by atoms with Crippen molar-refractivity contribution >= 4 is 24.0 Å². The van der Waals surface area contributed by atoms with Crippen LogP contribution in [0.15, 0.2) is 36.4 Å². The van der Waals surface area contributed by atoms with Crippen molar-refractivity contribution in [3.05, 3.63) is 36.4 Å². The van der Waals surface area contributed by atoms with Crippen molar-refractivity contribution in [3.63, 3.8) is 0 Å². The third kappa shape index (κ3) is 7.48. The Hall–Kier alpha value is -3.20. The van der Waals surface area contributed by atoms with Crippen molar-refractivity contribution in [2.45, 2.75) is 50.2 Å². The number of benzene rings is 1. The standard InChI is InChI=1S/C29H43N5O7SSi/c1-38-24-10-8-11-25(39-2)27(24)34-28(23-9-7-12-26(30-23)40-3)31-32-29(34)33(15-18-43(4,5)6)42(36,37)22(20-35)19-21-13-16-41-17-14-21/h7-12,21-22,35H,13-20H2,1-6H3. The number of hydrogen-bond acceptors (Lipinski definition) is 10. The van der Waals surface area contributed by atoms with E-state index in [2.05, 4.69) is 34.8 Å². The highest BCUT2D eigenvalue weighted by Crippen LogP contribution is 2.39. The summed E-state index contributed by atoms with van der Waals surface area (Å²) in [5.74, 6) is 1.67. The Morgan fingerprint density at radius 1 is 1.02 bits per heavy atom. The van der Waals surface area contributed by atoms with Crippen LogP contribution in [0, 0.1) is 5.92 Å². The number of hydrogen-bond donors (Lipinski definition) is 1. The molecule has 3 aromatic rings. The number of rotatable bonds is 14. The molecule has 4 rings (SSSR count). The topological polar surface area (TPSA) is 138 Å². The fourth-order valence-corrected chi connectivity index (χ4v) is 7.93. The third-order valence-electron chi connectivity index (χ3n) is 7.59. The Labute approximate surface area is 255 Å². The van der Waals surface area contributed by atoms with Gasteiger partial charge in [-0.1, -0.05) is 31.8 Å². The van der Waals surface area contributed by atoms with Crippen LogP contribution in [0.3, 0.4) is 0 Å². The quantitative estimate of drug-likeness (QED) is 0.259. The second-order valence-electron chi connectivity index (χ2n) is 11.8. The second-order valence-corrected chi connectivity index (χ2v) is 19.5. The zero-order valence-corrected chi connectivity index (χ0v) is 27.6. The van der Waals surface area contributed by atoms with Gasteiger partial charge < -0.3 is 24.1 Å². The van der Waals surface area contributed by atoms with E-state index in [-0.39, 0.29) is 24.2 Å². The number of sulfonamides is 1. The molecule has 0 spiro atoms. The molecule has 1 aromatic carbocycles. The SMILES string of the molecule is COc1cccc(-c2nnc(N(CC[Si](C)(C)C)S(=O)(=O)C(CO)CC3CCOCC3)n2-c2c(OC)cccc2OC)n1. The van der Waals surface area contributed by atoms with Gasteiger partial charge >= 0.3 is 0 Å². The normalized spacial score (nSPS) is 15.2. The van der Waals surface area contributed by atoms with Crippen LogP contribution in [0.2, 0.25) is 25.7 Å². The Kier molecular flexibility index (Phi) is 10.7. The molecule has 0 aliphatic carbocycles. The maximum absolute atomic E-state index is 14.6. The summed E-state index contributed by atoms with van der Waals surface area (Å²) in [6.07, 6.45) is 1.82. The van der Waals surface area contributed by atoms with Gasteiger partial charge in [-0.25, -0.2) is 17.7 Å². The summed E-state index contributed by atoms with van der Waals surface area (Å²) >= 11 is 0. The number of aromatic nitrogens is 4. The molecule has 1 aliphatic heterocycles. The number of para-hydroxylation sites is 1. The molecule has 236 valence electrons. The number of nitrogens with zero attached hydrogens (tertiary/aromatic N) is 5. The van der Waals surface area contributed by atoms with Crippen molar-refractivity contribution < 1.29 is 32.5 Å². The summed E-state index contributed by atoms with van der Waals surface area (Å²) in [5.41, 5.74) is 0.833. The van der Waals surface area contributed by atoms with E-state index < -0.39 is 30.0 Å². The van der Waals surface area contributed by atoms with Gasteiger partial charge in [0.15, 0.2) is 5.82 Å². The van der Waals surface area contributed by atoms with Crippen LogP contribution in [0.4, 0.5) is 5.95 Å². The third-order valence-corrected chi connectivity index (χ3v) is 11.5. The summed E-state index contributed by atoms with van der Waals surface area (Å²) in [4.78, 5) is 4.57. The van der Waals surface area contributed by atoms with Gasteiger partial charge in [-0.05, 0) is 49.4 Å². The molecule has 1 atom stereocenters. The van der Waals surface area contributed by atoms with E-state index in [9.17, 15) is 13.5 Å². The summed E-state index contributed by atoms with van der Waals surface area (Å²) in [6.45, 7) is 7.37. The number of aliphatic hydroxyl groups is 1. The fraction of sp³-hybridized carbons (Fsp3) is 0.552. The Morgan fingerprint density at radius 2 is 1.67 bits per heavy atom. The van der Waals surface area contributed by atoms with Gasteiger partial charge in [0, 0.05) is 33.9 Å². The Morgan fingerprint density at radius 3 is 2.26 bits per heavy atom. The van der Waals surface area contributed by atoms with Crippen LogP contribution in [0.25, 0.3) is 17.2 Å². The molecule has 12 nitrogen and oxygen atoms in total. The lowest BCUT2D eigenvalue weighted by Crippen LogP contribution is -2.45. The molecular formula is C29H43N5O7SSi. The zero-order valence-electron chi connectivity index (χ0n) is 25.8. The van der Waals surface area contributed by atoms with Crippen molar-refractivity contribution in [1.29, 1.82) is 0 Å². The van der Waals surface area contributed by atoms with Crippen LogP contribution in [-0.2, 0) is 14.8 Å². The van der Waals surface area contributed by atoms with Crippen LogP contribution in [0.5, 0.6) is 17.4 Å². The van der Waals surface area contributed by atoms with Crippen molar-refractivity contribution in [2.24, 2.45) is 5.92 Å². The predicted octanol–water partition coefficient (Wildman–Crippen LogP) is 4.01. The molecule has 3 heterocycles. The molecular weight excluding hydrogens is 591 g/mol. The molecule has 43 heavy (non-hydrogen) atoms. The van der Waals surface area contributed by atoms with Crippen molar-refractivity contribution in [3.8, 4) is 34.6 Å². The molecule has 0 radical (unpaired) electrons. The highest BCUT2D eigenvalue weighted by Gasteiger charge is 2.39. The largest absolute Gasteiger partial charge is 0.494 e. The molecule has 1 unspecified atom stereocenters. The molecule has 1 aliphatic rings.